The van der Waals surface area contributed by atoms with Gasteiger partial charge in [0.15, 0.2) is 5.79 Å². The van der Waals surface area contributed by atoms with Crippen molar-refractivity contribution in [2.24, 2.45) is 5.92 Å². The summed E-state index contributed by atoms with van der Waals surface area (Å²) < 4.78 is 11.0. The molecule has 0 aromatic heterocycles. The number of rotatable bonds is 1. The van der Waals surface area contributed by atoms with Gasteiger partial charge in [0.2, 0.25) is 0 Å². The first-order chi connectivity index (χ1) is 5.49. The van der Waals surface area contributed by atoms with Crippen LogP contribution in [0.15, 0.2) is 11.6 Å². The Morgan fingerprint density at radius 2 is 1.75 bits per heavy atom. The minimum absolute atomic E-state index is 0.395. The SMILES string of the molecule is CC(C)C=C1COC(C)(C)OC1. The third kappa shape index (κ3) is 2.95. The summed E-state index contributed by atoms with van der Waals surface area (Å²) in [5.41, 5.74) is 1.25. The zero-order chi connectivity index (χ0) is 9.19. The van der Waals surface area contributed by atoms with Gasteiger partial charge in [-0.05, 0) is 25.3 Å². The predicted molar refractivity (Wildman–Crippen MR) is 48.9 cm³/mol. The molecule has 1 fully saturated rings. The van der Waals surface area contributed by atoms with Crippen molar-refractivity contribution in [3.63, 3.8) is 0 Å². The van der Waals surface area contributed by atoms with Crippen molar-refractivity contribution >= 4 is 0 Å². The molecule has 12 heavy (non-hydrogen) atoms. The molecule has 0 saturated carbocycles. The number of hydrogen-bond donors (Lipinski definition) is 0. The van der Waals surface area contributed by atoms with Gasteiger partial charge in [-0.2, -0.15) is 0 Å². The molecule has 1 aliphatic heterocycles. The molecule has 0 bridgehead atoms. The maximum Gasteiger partial charge on any atom is 0.163 e. The van der Waals surface area contributed by atoms with Crippen LogP contribution in [0.1, 0.15) is 27.7 Å². The van der Waals surface area contributed by atoms with Crippen molar-refractivity contribution in [2.45, 2.75) is 33.5 Å². The number of ether oxygens (including phenoxy) is 2. The molecule has 1 aliphatic rings. The molecule has 0 aromatic rings. The van der Waals surface area contributed by atoms with E-state index < -0.39 is 5.79 Å². The second kappa shape index (κ2) is 3.58. The Morgan fingerprint density at radius 1 is 1.25 bits per heavy atom. The molecule has 0 radical (unpaired) electrons. The summed E-state index contributed by atoms with van der Waals surface area (Å²) in [6, 6.07) is 0. The molecule has 0 unspecified atom stereocenters. The van der Waals surface area contributed by atoms with Gasteiger partial charge >= 0.3 is 0 Å². The summed E-state index contributed by atoms with van der Waals surface area (Å²) in [6.45, 7) is 9.63. The van der Waals surface area contributed by atoms with Crippen LogP contribution in [0.25, 0.3) is 0 Å². The van der Waals surface area contributed by atoms with E-state index in [1.165, 1.54) is 5.57 Å². The lowest BCUT2D eigenvalue weighted by Crippen LogP contribution is -2.35. The minimum atomic E-state index is -0.395. The van der Waals surface area contributed by atoms with Crippen LogP contribution >= 0.6 is 0 Å². The molecule has 1 saturated heterocycles. The Hall–Kier alpha value is -0.340. The fourth-order valence-corrected chi connectivity index (χ4v) is 1.18. The molecule has 70 valence electrons. The Bertz CT molecular complexity index is 168. The van der Waals surface area contributed by atoms with Gasteiger partial charge in [0.25, 0.3) is 0 Å². The Kier molecular flexibility index (Phi) is 2.91. The predicted octanol–water partition coefficient (Wildman–Crippen LogP) is 2.35. The van der Waals surface area contributed by atoms with E-state index >= 15 is 0 Å². The lowest BCUT2D eigenvalue weighted by Gasteiger charge is -2.31. The zero-order valence-electron chi connectivity index (χ0n) is 8.39. The van der Waals surface area contributed by atoms with Crippen LogP contribution in [-0.2, 0) is 9.47 Å². The summed E-state index contributed by atoms with van der Waals surface area (Å²) in [4.78, 5) is 0. The molecule has 0 N–H and O–H groups in total. The first kappa shape index (κ1) is 9.75. The first-order valence-electron chi connectivity index (χ1n) is 4.47. The Labute approximate surface area is 74.6 Å². The lowest BCUT2D eigenvalue weighted by atomic mass is 10.1. The van der Waals surface area contributed by atoms with Crippen LogP contribution in [0.3, 0.4) is 0 Å². The van der Waals surface area contributed by atoms with Gasteiger partial charge in [0.05, 0.1) is 13.2 Å². The zero-order valence-corrected chi connectivity index (χ0v) is 8.39. The van der Waals surface area contributed by atoms with Crippen LogP contribution in [0.5, 0.6) is 0 Å². The summed E-state index contributed by atoms with van der Waals surface area (Å²) >= 11 is 0. The van der Waals surface area contributed by atoms with E-state index in [0.717, 1.165) is 0 Å². The van der Waals surface area contributed by atoms with Crippen LogP contribution in [0.4, 0.5) is 0 Å². The highest BCUT2D eigenvalue weighted by atomic mass is 16.7. The Morgan fingerprint density at radius 3 is 2.17 bits per heavy atom. The van der Waals surface area contributed by atoms with Crippen molar-refractivity contribution in [1.82, 2.24) is 0 Å². The van der Waals surface area contributed by atoms with Crippen LogP contribution in [-0.4, -0.2) is 19.0 Å². The van der Waals surface area contributed by atoms with Gasteiger partial charge in [-0.1, -0.05) is 19.9 Å². The van der Waals surface area contributed by atoms with Crippen LogP contribution in [0.2, 0.25) is 0 Å². The van der Waals surface area contributed by atoms with Gasteiger partial charge in [0, 0.05) is 0 Å². The second-order valence-corrected chi connectivity index (χ2v) is 4.05. The summed E-state index contributed by atoms with van der Waals surface area (Å²) in [7, 11) is 0. The minimum Gasteiger partial charge on any atom is -0.346 e. The molecule has 0 amide bonds. The number of hydrogen-bond acceptors (Lipinski definition) is 2. The van der Waals surface area contributed by atoms with Crippen molar-refractivity contribution in [3.05, 3.63) is 11.6 Å². The fraction of sp³-hybridized carbons (Fsp3) is 0.800. The summed E-state index contributed by atoms with van der Waals surface area (Å²) in [5, 5.41) is 0. The van der Waals surface area contributed by atoms with Gasteiger partial charge in [0.1, 0.15) is 0 Å². The normalized spacial score (nSPS) is 22.9. The van der Waals surface area contributed by atoms with E-state index in [2.05, 4.69) is 19.9 Å². The first-order valence-corrected chi connectivity index (χ1v) is 4.47. The third-order valence-corrected chi connectivity index (χ3v) is 1.78. The van der Waals surface area contributed by atoms with Crippen molar-refractivity contribution < 1.29 is 9.47 Å². The molecular weight excluding hydrogens is 152 g/mol. The Balaban J connectivity index is 2.46. The topological polar surface area (TPSA) is 18.5 Å². The van der Waals surface area contributed by atoms with Gasteiger partial charge < -0.3 is 9.47 Å². The van der Waals surface area contributed by atoms with Crippen molar-refractivity contribution in [3.8, 4) is 0 Å². The average molecular weight is 170 g/mol. The highest BCUT2D eigenvalue weighted by Crippen LogP contribution is 2.20. The van der Waals surface area contributed by atoms with Gasteiger partial charge in [-0.3, -0.25) is 0 Å². The van der Waals surface area contributed by atoms with Gasteiger partial charge in [-0.15, -0.1) is 0 Å². The van der Waals surface area contributed by atoms with Crippen LogP contribution < -0.4 is 0 Å². The molecule has 2 heteroatoms. The molecule has 0 aromatic carbocycles. The van der Waals surface area contributed by atoms with Crippen molar-refractivity contribution in [2.75, 3.05) is 13.2 Å². The second-order valence-electron chi connectivity index (χ2n) is 4.05. The highest BCUT2D eigenvalue weighted by Gasteiger charge is 2.24. The average Bonchev–Trinajstić information content (AvgIpc) is 1.93. The molecule has 1 heterocycles. The van der Waals surface area contributed by atoms with Crippen molar-refractivity contribution in [1.29, 1.82) is 0 Å². The maximum absolute atomic E-state index is 5.49. The molecule has 0 spiro atoms. The molecule has 0 aliphatic carbocycles. The molecular formula is C10H18O2. The van der Waals surface area contributed by atoms with Gasteiger partial charge in [-0.25, -0.2) is 0 Å². The van der Waals surface area contributed by atoms with E-state index in [4.69, 9.17) is 9.47 Å². The van der Waals surface area contributed by atoms with Crippen LogP contribution in [0, 0.1) is 5.92 Å². The summed E-state index contributed by atoms with van der Waals surface area (Å²) in [5.74, 6) is 0.183. The van der Waals surface area contributed by atoms with E-state index in [1.54, 1.807) is 0 Å². The lowest BCUT2D eigenvalue weighted by molar-refractivity contribution is -0.225. The fourth-order valence-electron chi connectivity index (χ4n) is 1.18. The quantitative estimate of drug-likeness (QED) is 0.562. The maximum atomic E-state index is 5.49. The highest BCUT2D eigenvalue weighted by molar-refractivity contribution is 5.06. The standard InChI is InChI=1S/C10H18O2/c1-8(2)5-9-6-11-10(3,4)12-7-9/h5,8H,6-7H2,1-4H3. The molecule has 2 nitrogen and oxygen atoms in total. The smallest absolute Gasteiger partial charge is 0.163 e. The van der Waals surface area contributed by atoms with E-state index in [9.17, 15) is 0 Å². The number of allylic oxidation sites excluding steroid dienone is 1. The summed E-state index contributed by atoms with van der Waals surface area (Å²) in [6.07, 6.45) is 2.20. The largest absolute Gasteiger partial charge is 0.346 e. The van der Waals surface area contributed by atoms with E-state index in [1.807, 2.05) is 13.8 Å². The molecule has 1 rings (SSSR count). The molecule has 0 atom stereocenters. The van der Waals surface area contributed by atoms with E-state index in [-0.39, 0.29) is 0 Å². The third-order valence-electron chi connectivity index (χ3n) is 1.78. The monoisotopic (exact) mass is 170 g/mol. The van der Waals surface area contributed by atoms with E-state index in [0.29, 0.717) is 19.1 Å².